The molecular weight excluding hydrogens is 309 g/mol. The highest BCUT2D eigenvalue weighted by atomic mass is 19.4. The van der Waals surface area contributed by atoms with Gasteiger partial charge in [0.2, 0.25) is 0 Å². The van der Waals surface area contributed by atoms with Crippen LogP contribution in [0.1, 0.15) is 22.8 Å². The number of ether oxygens (including phenoxy) is 2. The standard InChI is InChI=1S/C17H13F3O3/c1-10(21)14-8-12(9-15-16(14)23-7-6-22-15)11-2-4-13(5-3-11)17(18,19)20/h2-5,8-9H,6-7H2,1H3. The van der Waals surface area contributed by atoms with Crippen LogP contribution in [-0.2, 0) is 6.18 Å². The van der Waals surface area contributed by atoms with Gasteiger partial charge in [-0.15, -0.1) is 0 Å². The molecule has 1 heterocycles. The van der Waals surface area contributed by atoms with Crippen LogP contribution < -0.4 is 9.47 Å². The summed E-state index contributed by atoms with van der Waals surface area (Å²) in [6.07, 6.45) is -4.38. The molecular formula is C17H13F3O3. The van der Waals surface area contributed by atoms with Gasteiger partial charge in [-0.2, -0.15) is 13.2 Å². The number of hydrogen-bond acceptors (Lipinski definition) is 3. The van der Waals surface area contributed by atoms with Gasteiger partial charge >= 0.3 is 6.18 Å². The number of halogens is 3. The lowest BCUT2D eigenvalue weighted by Crippen LogP contribution is -2.17. The number of carbonyl (C=O) groups excluding carboxylic acids is 1. The van der Waals surface area contributed by atoms with Crippen LogP contribution in [0.25, 0.3) is 11.1 Å². The van der Waals surface area contributed by atoms with Crippen LogP contribution in [0, 0.1) is 0 Å². The molecule has 6 heteroatoms. The molecule has 1 aliphatic rings. The molecule has 3 nitrogen and oxygen atoms in total. The number of alkyl halides is 3. The van der Waals surface area contributed by atoms with Gasteiger partial charge in [0.25, 0.3) is 0 Å². The number of ketones is 1. The third-order valence-corrected chi connectivity index (χ3v) is 3.57. The van der Waals surface area contributed by atoms with E-state index in [4.69, 9.17) is 9.47 Å². The predicted octanol–water partition coefficient (Wildman–Crippen LogP) is 4.35. The zero-order valence-corrected chi connectivity index (χ0v) is 12.2. The van der Waals surface area contributed by atoms with Crippen LogP contribution in [0.4, 0.5) is 13.2 Å². The Balaban J connectivity index is 2.06. The smallest absolute Gasteiger partial charge is 0.416 e. The molecule has 0 atom stereocenters. The second-order valence-electron chi connectivity index (χ2n) is 5.18. The second kappa shape index (κ2) is 5.61. The largest absolute Gasteiger partial charge is 0.486 e. The van der Waals surface area contributed by atoms with E-state index < -0.39 is 11.7 Å². The molecule has 23 heavy (non-hydrogen) atoms. The average Bonchev–Trinajstić information content (AvgIpc) is 2.53. The predicted molar refractivity (Wildman–Crippen MR) is 77.9 cm³/mol. The van der Waals surface area contributed by atoms with Gasteiger partial charge in [-0.25, -0.2) is 0 Å². The molecule has 0 amide bonds. The average molecular weight is 322 g/mol. The summed E-state index contributed by atoms with van der Waals surface area (Å²) in [5.74, 6) is 0.624. The third kappa shape index (κ3) is 3.02. The van der Waals surface area contributed by atoms with Crippen molar-refractivity contribution < 1.29 is 27.4 Å². The molecule has 0 bridgehead atoms. The Kier molecular flexibility index (Phi) is 3.75. The molecule has 2 aromatic rings. The molecule has 0 fully saturated rings. The third-order valence-electron chi connectivity index (χ3n) is 3.57. The van der Waals surface area contributed by atoms with E-state index in [2.05, 4.69) is 0 Å². The molecule has 0 saturated carbocycles. The summed E-state index contributed by atoms with van der Waals surface area (Å²) in [4.78, 5) is 11.8. The van der Waals surface area contributed by atoms with Gasteiger partial charge in [0, 0.05) is 0 Å². The Hall–Kier alpha value is -2.50. The number of Topliss-reactive ketones (excluding diaryl/α,β-unsaturated/α-hetero) is 1. The zero-order valence-electron chi connectivity index (χ0n) is 12.2. The molecule has 3 rings (SSSR count). The Bertz CT molecular complexity index is 749. The van der Waals surface area contributed by atoms with Gasteiger partial charge in [-0.05, 0) is 42.3 Å². The van der Waals surface area contributed by atoms with Crippen LogP contribution in [0.15, 0.2) is 36.4 Å². The van der Waals surface area contributed by atoms with Crippen LogP contribution in [0.3, 0.4) is 0 Å². The summed E-state index contributed by atoms with van der Waals surface area (Å²) in [6, 6.07) is 8.05. The van der Waals surface area contributed by atoms with E-state index in [9.17, 15) is 18.0 Å². The maximum atomic E-state index is 12.6. The molecule has 0 radical (unpaired) electrons. The first-order chi connectivity index (χ1) is 10.9. The fourth-order valence-electron chi connectivity index (χ4n) is 2.43. The Morgan fingerprint density at radius 3 is 2.26 bits per heavy atom. The lowest BCUT2D eigenvalue weighted by molar-refractivity contribution is -0.137. The molecule has 0 aliphatic carbocycles. The lowest BCUT2D eigenvalue weighted by Gasteiger charge is -2.21. The molecule has 2 aromatic carbocycles. The molecule has 0 unspecified atom stereocenters. The SMILES string of the molecule is CC(=O)c1cc(-c2ccc(C(F)(F)F)cc2)cc2c1OCCO2. The van der Waals surface area contributed by atoms with Crippen molar-refractivity contribution in [2.24, 2.45) is 0 Å². The number of hydrogen-bond donors (Lipinski definition) is 0. The number of carbonyl (C=O) groups is 1. The van der Waals surface area contributed by atoms with E-state index in [-0.39, 0.29) is 5.78 Å². The summed E-state index contributed by atoms with van der Waals surface area (Å²) >= 11 is 0. The number of benzene rings is 2. The highest BCUT2D eigenvalue weighted by Gasteiger charge is 2.30. The van der Waals surface area contributed by atoms with Gasteiger partial charge in [0.05, 0.1) is 11.1 Å². The van der Waals surface area contributed by atoms with Gasteiger partial charge in [-0.3, -0.25) is 4.79 Å². The van der Waals surface area contributed by atoms with Crippen LogP contribution in [0.2, 0.25) is 0 Å². The number of rotatable bonds is 2. The van der Waals surface area contributed by atoms with Crippen molar-refractivity contribution in [2.75, 3.05) is 13.2 Å². The van der Waals surface area contributed by atoms with E-state index in [1.807, 2.05) is 0 Å². The maximum absolute atomic E-state index is 12.6. The maximum Gasteiger partial charge on any atom is 0.416 e. The van der Waals surface area contributed by atoms with Crippen molar-refractivity contribution in [1.82, 2.24) is 0 Å². The van der Waals surface area contributed by atoms with Crippen molar-refractivity contribution in [1.29, 1.82) is 0 Å². The monoisotopic (exact) mass is 322 g/mol. The van der Waals surface area contributed by atoms with Crippen molar-refractivity contribution >= 4 is 5.78 Å². The van der Waals surface area contributed by atoms with Crippen LogP contribution in [0.5, 0.6) is 11.5 Å². The van der Waals surface area contributed by atoms with Crippen molar-refractivity contribution in [3.63, 3.8) is 0 Å². The lowest BCUT2D eigenvalue weighted by atomic mass is 9.98. The van der Waals surface area contributed by atoms with Crippen LogP contribution in [-0.4, -0.2) is 19.0 Å². The molecule has 0 aromatic heterocycles. The van der Waals surface area contributed by atoms with Gasteiger partial charge < -0.3 is 9.47 Å². The second-order valence-corrected chi connectivity index (χ2v) is 5.18. The highest BCUT2D eigenvalue weighted by molar-refractivity contribution is 5.99. The normalized spacial score (nSPS) is 13.7. The van der Waals surface area contributed by atoms with Gasteiger partial charge in [0.15, 0.2) is 17.3 Å². The quantitative estimate of drug-likeness (QED) is 0.771. The minimum atomic E-state index is -4.38. The van der Waals surface area contributed by atoms with E-state index >= 15 is 0 Å². The molecule has 0 spiro atoms. The number of fused-ring (bicyclic) bond motifs is 1. The molecule has 0 saturated heterocycles. The first-order valence-corrected chi connectivity index (χ1v) is 6.98. The van der Waals surface area contributed by atoms with Gasteiger partial charge in [0.1, 0.15) is 13.2 Å². The molecule has 120 valence electrons. The first-order valence-electron chi connectivity index (χ1n) is 6.98. The Labute approximate surface area is 130 Å². The van der Waals surface area contributed by atoms with E-state index in [1.54, 1.807) is 12.1 Å². The van der Waals surface area contributed by atoms with Crippen LogP contribution >= 0.6 is 0 Å². The first kappa shape index (κ1) is 15.4. The zero-order chi connectivity index (χ0) is 16.6. The summed E-state index contributed by atoms with van der Waals surface area (Å²) < 4.78 is 48.9. The summed E-state index contributed by atoms with van der Waals surface area (Å²) in [5, 5.41) is 0. The molecule has 0 N–H and O–H groups in total. The summed E-state index contributed by atoms with van der Waals surface area (Å²) in [5.41, 5.74) is 0.813. The summed E-state index contributed by atoms with van der Waals surface area (Å²) in [7, 11) is 0. The van der Waals surface area contributed by atoms with Crippen molar-refractivity contribution in [3.05, 3.63) is 47.5 Å². The van der Waals surface area contributed by atoms with Crippen molar-refractivity contribution in [3.8, 4) is 22.6 Å². The summed E-state index contributed by atoms with van der Waals surface area (Å²) in [6.45, 7) is 2.12. The minimum absolute atomic E-state index is 0.194. The van der Waals surface area contributed by atoms with E-state index in [1.165, 1.54) is 19.1 Å². The van der Waals surface area contributed by atoms with E-state index in [0.29, 0.717) is 41.4 Å². The Morgan fingerprint density at radius 1 is 1.00 bits per heavy atom. The fraction of sp³-hybridized carbons (Fsp3) is 0.235. The molecule has 1 aliphatic heterocycles. The van der Waals surface area contributed by atoms with Gasteiger partial charge in [-0.1, -0.05) is 12.1 Å². The Morgan fingerprint density at radius 2 is 1.65 bits per heavy atom. The highest BCUT2D eigenvalue weighted by Crippen LogP contribution is 2.39. The topological polar surface area (TPSA) is 35.5 Å². The van der Waals surface area contributed by atoms with Crippen molar-refractivity contribution in [2.45, 2.75) is 13.1 Å². The van der Waals surface area contributed by atoms with E-state index in [0.717, 1.165) is 12.1 Å². The minimum Gasteiger partial charge on any atom is -0.486 e. The fourth-order valence-corrected chi connectivity index (χ4v) is 2.43.